The van der Waals surface area contributed by atoms with Crippen molar-refractivity contribution in [3.63, 3.8) is 0 Å². The molecule has 0 unspecified atom stereocenters. The Morgan fingerprint density at radius 3 is 2.24 bits per heavy atom. The number of hydrogen-bond acceptors (Lipinski definition) is 4. The molecule has 1 heterocycles. The molecule has 3 amide bonds. The predicted octanol–water partition coefficient (Wildman–Crippen LogP) is 4.82. The zero-order chi connectivity index (χ0) is 20.8. The van der Waals surface area contributed by atoms with E-state index in [-0.39, 0.29) is 18.0 Å². The van der Waals surface area contributed by atoms with E-state index in [0.717, 1.165) is 10.6 Å². The predicted molar refractivity (Wildman–Crippen MR) is 118 cm³/mol. The van der Waals surface area contributed by atoms with Gasteiger partial charge in [-0.2, -0.15) is 0 Å². The number of carbonyl (C=O) groups excluding carboxylic acids is 2. The van der Waals surface area contributed by atoms with Crippen molar-refractivity contribution >= 4 is 34.6 Å². The van der Waals surface area contributed by atoms with Gasteiger partial charge in [-0.05, 0) is 38.5 Å². The lowest BCUT2D eigenvalue weighted by molar-refractivity contribution is 0.103. The summed E-state index contributed by atoms with van der Waals surface area (Å²) in [7, 11) is 0. The number of urea groups is 1. The highest BCUT2D eigenvalue weighted by Crippen LogP contribution is 2.25. The fraction of sp³-hybridized carbons (Fsp3) is 0.227. The van der Waals surface area contributed by atoms with E-state index in [2.05, 4.69) is 20.9 Å². The number of nitrogens with zero attached hydrogens (tertiary/aromatic N) is 1. The molecule has 3 aromatic rings. The number of thiazole rings is 1. The second-order valence-corrected chi connectivity index (χ2v) is 8.02. The molecule has 0 aliphatic rings. The Morgan fingerprint density at radius 1 is 0.966 bits per heavy atom. The van der Waals surface area contributed by atoms with Crippen LogP contribution in [-0.4, -0.2) is 23.0 Å². The third kappa shape index (κ3) is 5.65. The van der Waals surface area contributed by atoms with Crippen LogP contribution in [0.25, 0.3) is 0 Å². The lowest BCUT2D eigenvalue weighted by Gasteiger charge is -2.14. The number of carbonyl (C=O) groups is 2. The van der Waals surface area contributed by atoms with Crippen LogP contribution in [0.2, 0.25) is 0 Å². The molecule has 150 valence electrons. The van der Waals surface area contributed by atoms with Crippen LogP contribution >= 0.6 is 11.3 Å². The van der Waals surface area contributed by atoms with Gasteiger partial charge in [-0.15, -0.1) is 11.3 Å². The normalized spacial score (nSPS) is 10.6. The number of anilines is 2. The molecule has 0 saturated heterocycles. The average molecular weight is 409 g/mol. The SMILES string of the molecule is Cc1nc(Cc2ccccc2)sc1C(=O)Nc1ccccc1NC(=O)NC(C)C. The van der Waals surface area contributed by atoms with E-state index in [0.29, 0.717) is 28.4 Å². The van der Waals surface area contributed by atoms with Crippen LogP contribution in [0, 0.1) is 6.92 Å². The first-order chi connectivity index (χ1) is 13.9. The third-order valence-corrected chi connectivity index (χ3v) is 5.24. The summed E-state index contributed by atoms with van der Waals surface area (Å²) in [5, 5.41) is 9.33. The maximum atomic E-state index is 12.8. The Hall–Kier alpha value is -3.19. The molecule has 0 atom stereocenters. The topological polar surface area (TPSA) is 83.1 Å². The van der Waals surface area contributed by atoms with Gasteiger partial charge in [0.1, 0.15) is 4.88 Å². The van der Waals surface area contributed by atoms with Gasteiger partial charge in [-0.25, -0.2) is 9.78 Å². The van der Waals surface area contributed by atoms with Crippen molar-refractivity contribution in [2.75, 3.05) is 10.6 Å². The van der Waals surface area contributed by atoms with Crippen LogP contribution in [0.1, 0.15) is 39.8 Å². The molecular formula is C22H24N4O2S. The van der Waals surface area contributed by atoms with Crippen LogP contribution in [0.15, 0.2) is 54.6 Å². The molecule has 2 aromatic carbocycles. The minimum absolute atomic E-state index is 0.0135. The van der Waals surface area contributed by atoms with Crippen LogP contribution in [-0.2, 0) is 6.42 Å². The number of nitrogens with one attached hydrogen (secondary N) is 3. The first-order valence-electron chi connectivity index (χ1n) is 9.40. The van der Waals surface area contributed by atoms with Gasteiger partial charge in [0, 0.05) is 12.5 Å². The van der Waals surface area contributed by atoms with Gasteiger partial charge < -0.3 is 16.0 Å². The molecule has 7 heteroatoms. The summed E-state index contributed by atoms with van der Waals surface area (Å²) in [5.74, 6) is -0.238. The summed E-state index contributed by atoms with van der Waals surface area (Å²) in [6.07, 6.45) is 0.688. The number of aromatic nitrogens is 1. The fourth-order valence-electron chi connectivity index (χ4n) is 2.81. The zero-order valence-electron chi connectivity index (χ0n) is 16.7. The van der Waals surface area contributed by atoms with Gasteiger partial charge >= 0.3 is 6.03 Å². The van der Waals surface area contributed by atoms with Crippen LogP contribution in [0.3, 0.4) is 0 Å². The summed E-state index contributed by atoms with van der Waals surface area (Å²) >= 11 is 1.39. The van der Waals surface area contributed by atoms with E-state index in [4.69, 9.17) is 0 Å². The molecule has 3 rings (SSSR count). The molecule has 3 N–H and O–H groups in total. The van der Waals surface area contributed by atoms with Crippen molar-refractivity contribution in [1.29, 1.82) is 0 Å². The Kier molecular flexibility index (Phi) is 6.61. The lowest BCUT2D eigenvalue weighted by Crippen LogP contribution is -2.34. The van der Waals surface area contributed by atoms with E-state index in [9.17, 15) is 9.59 Å². The maximum absolute atomic E-state index is 12.8. The summed E-state index contributed by atoms with van der Waals surface area (Å²) in [6, 6.07) is 16.8. The number of aryl methyl sites for hydroxylation is 1. The third-order valence-electron chi connectivity index (χ3n) is 4.09. The molecular weight excluding hydrogens is 384 g/mol. The molecule has 1 aromatic heterocycles. The first-order valence-corrected chi connectivity index (χ1v) is 10.2. The van der Waals surface area contributed by atoms with Crippen molar-refractivity contribution in [3.05, 3.63) is 75.7 Å². The van der Waals surface area contributed by atoms with Crippen LogP contribution in [0.4, 0.5) is 16.2 Å². The quantitative estimate of drug-likeness (QED) is 0.546. The van der Waals surface area contributed by atoms with Gasteiger partial charge in [0.2, 0.25) is 0 Å². The van der Waals surface area contributed by atoms with E-state index < -0.39 is 0 Å². The number of amides is 3. The molecule has 0 spiro atoms. The van der Waals surface area contributed by atoms with Crippen molar-refractivity contribution in [2.45, 2.75) is 33.2 Å². The van der Waals surface area contributed by atoms with E-state index in [1.165, 1.54) is 11.3 Å². The molecule has 6 nitrogen and oxygen atoms in total. The molecule has 0 radical (unpaired) electrons. The van der Waals surface area contributed by atoms with Crippen LogP contribution in [0.5, 0.6) is 0 Å². The Morgan fingerprint density at radius 2 is 1.59 bits per heavy atom. The Bertz CT molecular complexity index is 999. The monoisotopic (exact) mass is 408 g/mol. The van der Waals surface area contributed by atoms with Crippen molar-refractivity contribution in [1.82, 2.24) is 10.3 Å². The summed E-state index contributed by atoms with van der Waals surface area (Å²) in [4.78, 5) is 30.0. The highest BCUT2D eigenvalue weighted by molar-refractivity contribution is 7.14. The fourth-order valence-corrected chi connectivity index (χ4v) is 3.80. The Balaban J connectivity index is 1.73. The van der Waals surface area contributed by atoms with Gasteiger partial charge in [-0.3, -0.25) is 4.79 Å². The largest absolute Gasteiger partial charge is 0.336 e. The molecule has 0 bridgehead atoms. The minimum Gasteiger partial charge on any atom is -0.336 e. The zero-order valence-corrected chi connectivity index (χ0v) is 17.5. The van der Waals surface area contributed by atoms with Crippen LogP contribution < -0.4 is 16.0 Å². The van der Waals surface area contributed by atoms with Crippen molar-refractivity contribution < 1.29 is 9.59 Å². The lowest BCUT2D eigenvalue weighted by atomic mass is 10.2. The smallest absolute Gasteiger partial charge is 0.319 e. The average Bonchev–Trinajstić information content (AvgIpc) is 3.03. The number of benzene rings is 2. The van der Waals surface area contributed by atoms with Gasteiger partial charge in [0.05, 0.1) is 22.1 Å². The first kappa shape index (κ1) is 20.5. The van der Waals surface area contributed by atoms with Crippen molar-refractivity contribution in [3.8, 4) is 0 Å². The van der Waals surface area contributed by atoms with Gasteiger partial charge in [-0.1, -0.05) is 42.5 Å². The molecule has 29 heavy (non-hydrogen) atoms. The highest BCUT2D eigenvalue weighted by Gasteiger charge is 2.17. The van der Waals surface area contributed by atoms with E-state index in [1.54, 1.807) is 18.2 Å². The summed E-state index contributed by atoms with van der Waals surface area (Å²) in [5.41, 5.74) is 2.92. The van der Waals surface area contributed by atoms with Gasteiger partial charge in [0.15, 0.2) is 0 Å². The second kappa shape index (κ2) is 9.34. The molecule has 0 aliphatic heterocycles. The summed E-state index contributed by atoms with van der Waals surface area (Å²) < 4.78 is 0. The molecule has 0 saturated carbocycles. The number of rotatable bonds is 6. The molecule has 0 fully saturated rings. The molecule has 0 aliphatic carbocycles. The Labute approximate surface area is 174 Å². The second-order valence-electron chi connectivity index (χ2n) is 6.94. The number of hydrogen-bond donors (Lipinski definition) is 3. The number of para-hydroxylation sites is 2. The standard InChI is InChI=1S/C22H24N4O2S/c1-14(2)23-22(28)26-18-12-8-7-11-17(18)25-21(27)20-15(3)24-19(29-20)13-16-9-5-4-6-10-16/h4-12,14H,13H2,1-3H3,(H,25,27)(H2,23,26,28). The van der Waals surface area contributed by atoms with E-state index >= 15 is 0 Å². The summed E-state index contributed by atoms with van der Waals surface area (Å²) in [6.45, 7) is 5.60. The van der Waals surface area contributed by atoms with Gasteiger partial charge in [0.25, 0.3) is 5.91 Å². The van der Waals surface area contributed by atoms with E-state index in [1.807, 2.05) is 57.2 Å². The highest BCUT2D eigenvalue weighted by atomic mass is 32.1. The van der Waals surface area contributed by atoms with Crippen molar-refractivity contribution in [2.24, 2.45) is 0 Å². The minimum atomic E-state index is -0.319. The maximum Gasteiger partial charge on any atom is 0.319 e.